The van der Waals surface area contributed by atoms with Crippen molar-refractivity contribution in [1.82, 2.24) is 0 Å². The lowest BCUT2D eigenvalue weighted by Gasteiger charge is -2.43. The zero-order valence-electron chi connectivity index (χ0n) is 6.79. The third kappa shape index (κ3) is 1.42. The van der Waals surface area contributed by atoms with E-state index in [9.17, 15) is 10.2 Å². The van der Waals surface area contributed by atoms with Gasteiger partial charge in [0, 0.05) is 6.42 Å². The van der Waals surface area contributed by atoms with Crippen molar-refractivity contribution in [3.63, 3.8) is 0 Å². The molecule has 64 valence electrons. The first-order chi connectivity index (χ1) is 5.18. The SMILES string of the molecule is O[C@@H]1C[C@@H]2CCC[C@@](O)(C1)C2. The molecule has 2 aliphatic carbocycles. The van der Waals surface area contributed by atoms with Gasteiger partial charge in [-0.3, -0.25) is 0 Å². The van der Waals surface area contributed by atoms with Gasteiger partial charge in [0.05, 0.1) is 11.7 Å². The molecule has 11 heavy (non-hydrogen) atoms. The Morgan fingerprint density at radius 3 is 2.82 bits per heavy atom. The molecule has 0 aromatic heterocycles. The monoisotopic (exact) mass is 156 g/mol. The molecule has 0 unspecified atom stereocenters. The van der Waals surface area contributed by atoms with E-state index >= 15 is 0 Å². The Balaban J connectivity index is 2.09. The first-order valence-corrected chi connectivity index (χ1v) is 4.58. The fraction of sp³-hybridized carbons (Fsp3) is 1.00. The lowest BCUT2D eigenvalue weighted by Crippen LogP contribution is -2.44. The number of fused-ring (bicyclic) bond motifs is 2. The summed E-state index contributed by atoms with van der Waals surface area (Å²) in [4.78, 5) is 0. The van der Waals surface area contributed by atoms with Gasteiger partial charge in [-0.25, -0.2) is 0 Å². The van der Waals surface area contributed by atoms with E-state index in [0.717, 1.165) is 25.7 Å². The van der Waals surface area contributed by atoms with E-state index in [1.54, 1.807) is 0 Å². The predicted molar refractivity (Wildman–Crippen MR) is 42.1 cm³/mol. The van der Waals surface area contributed by atoms with Crippen molar-refractivity contribution >= 4 is 0 Å². The number of hydrogen-bond donors (Lipinski definition) is 2. The minimum atomic E-state index is -0.499. The van der Waals surface area contributed by atoms with Crippen LogP contribution in [0.15, 0.2) is 0 Å². The molecule has 2 nitrogen and oxygen atoms in total. The van der Waals surface area contributed by atoms with Crippen LogP contribution in [0.3, 0.4) is 0 Å². The van der Waals surface area contributed by atoms with Crippen molar-refractivity contribution in [3.05, 3.63) is 0 Å². The van der Waals surface area contributed by atoms with Gasteiger partial charge in [0.2, 0.25) is 0 Å². The Morgan fingerprint density at radius 2 is 2.09 bits per heavy atom. The van der Waals surface area contributed by atoms with E-state index in [2.05, 4.69) is 0 Å². The van der Waals surface area contributed by atoms with Gasteiger partial charge in [-0.15, -0.1) is 0 Å². The van der Waals surface area contributed by atoms with Crippen LogP contribution >= 0.6 is 0 Å². The highest BCUT2D eigenvalue weighted by Crippen LogP contribution is 2.42. The number of rotatable bonds is 0. The van der Waals surface area contributed by atoms with Crippen LogP contribution in [0.4, 0.5) is 0 Å². The summed E-state index contributed by atoms with van der Waals surface area (Å²) < 4.78 is 0. The van der Waals surface area contributed by atoms with Crippen molar-refractivity contribution in [2.75, 3.05) is 0 Å². The van der Waals surface area contributed by atoms with Crippen LogP contribution in [0.25, 0.3) is 0 Å². The molecule has 0 saturated heterocycles. The van der Waals surface area contributed by atoms with Crippen LogP contribution in [0.1, 0.15) is 38.5 Å². The number of aliphatic hydroxyl groups is 2. The minimum Gasteiger partial charge on any atom is -0.393 e. The van der Waals surface area contributed by atoms with Gasteiger partial charge in [0.1, 0.15) is 0 Å². The van der Waals surface area contributed by atoms with Crippen LogP contribution < -0.4 is 0 Å². The summed E-state index contributed by atoms with van der Waals surface area (Å²) in [5.41, 5.74) is -0.499. The molecule has 3 atom stereocenters. The average Bonchev–Trinajstić information content (AvgIpc) is 1.82. The molecular formula is C9H16O2. The highest BCUT2D eigenvalue weighted by Gasteiger charge is 2.40. The average molecular weight is 156 g/mol. The van der Waals surface area contributed by atoms with Gasteiger partial charge in [0.15, 0.2) is 0 Å². The van der Waals surface area contributed by atoms with E-state index in [1.807, 2.05) is 0 Å². The second kappa shape index (κ2) is 2.46. The molecule has 2 aliphatic rings. The summed E-state index contributed by atoms with van der Waals surface area (Å²) in [6.07, 6.45) is 5.49. The molecule has 2 N–H and O–H groups in total. The molecule has 0 spiro atoms. The summed E-state index contributed by atoms with van der Waals surface area (Å²) in [5, 5.41) is 19.3. The van der Waals surface area contributed by atoms with Gasteiger partial charge in [-0.1, -0.05) is 12.8 Å². The largest absolute Gasteiger partial charge is 0.393 e. The molecule has 0 radical (unpaired) electrons. The van der Waals surface area contributed by atoms with Gasteiger partial charge in [-0.2, -0.15) is 0 Å². The molecule has 2 heteroatoms. The molecular weight excluding hydrogens is 140 g/mol. The number of aliphatic hydroxyl groups excluding tert-OH is 1. The van der Waals surface area contributed by atoms with Gasteiger partial charge >= 0.3 is 0 Å². The molecule has 0 heterocycles. The molecule has 2 fully saturated rings. The Bertz CT molecular complexity index is 154. The Labute approximate surface area is 67.2 Å². The molecule has 0 aromatic rings. The summed E-state index contributed by atoms with van der Waals surface area (Å²) in [7, 11) is 0. The normalized spacial score (nSPS) is 50.7. The number of hydrogen-bond acceptors (Lipinski definition) is 2. The molecule has 0 amide bonds. The zero-order chi connectivity index (χ0) is 7.90. The van der Waals surface area contributed by atoms with Crippen molar-refractivity contribution in [1.29, 1.82) is 0 Å². The van der Waals surface area contributed by atoms with E-state index in [-0.39, 0.29) is 6.10 Å². The van der Waals surface area contributed by atoms with Crippen LogP contribution in [-0.4, -0.2) is 21.9 Å². The summed E-state index contributed by atoms with van der Waals surface area (Å²) in [5.74, 6) is 0.595. The van der Waals surface area contributed by atoms with Gasteiger partial charge in [-0.05, 0) is 25.2 Å². The smallest absolute Gasteiger partial charge is 0.0675 e. The summed E-state index contributed by atoms with van der Waals surface area (Å²) in [6, 6.07) is 0. The Morgan fingerprint density at radius 1 is 1.27 bits per heavy atom. The van der Waals surface area contributed by atoms with Crippen molar-refractivity contribution in [2.45, 2.75) is 50.2 Å². The molecule has 2 bridgehead atoms. The van der Waals surface area contributed by atoms with E-state index in [0.29, 0.717) is 12.3 Å². The highest BCUT2D eigenvalue weighted by atomic mass is 16.3. The van der Waals surface area contributed by atoms with Gasteiger partial charge in [0.25, 0.3) is 0 Å². The molecule has 0 aromatic carbocycles. The third-order valence-electron chi connectivity index (χ3n) is 3.14. The quantitative estimate of drug-likeness (QED) is 0.550. The van der Waals surface area contributed by atoms with E-state index in [1.165, 1.54) is 6.42 Å². The molecule has 0 aliphatic heterocycles. The maximum atomic E-state index is 9.91. The second-order valence-electron chi connectivity index (χ2n) is 4.28. The highest BCUT2D eigenvalue weighted by molar-refractivity contribution is 4.93. The van der Waals surface area contributed by atoms with E-state index < -0.39 is 5.60 Å². The minimum absolute atomic E-state index is 0.237. The van der Waals surface area contributed by atoms with Crippen molar-refractivity contribution in [2.24, 2.45) is 5.92 Å². The Hall–Kier alpha value is -0.0800. The Kier molecular flexibility index (Phi) is 1.69. The second-order valence-corrected chi connectivity index (χ2v) is 4.28. The van der Waals surface area contributed by atoms with Crippen LogP contribution in [0, 0.1) is 5.92 Å². The van der Waals surface area contributed by atoms with E-state index in [4.69, 9.17) is 0 Å². The lowest BCUT2D eigenvalue weighted by atomic mass is 9.68. The van der Waals surface area contributed by atoms with Crippen LogP contribution in [-0.2, 0) is 0 Å². The maximum absolute atomic E-state index is 9.91. The molecule has 2 rings (SSSR count). The van der Waals surface area contributed by atoms with Crippen molar-refractivity contribution in [3.8, 4) is 0 Å². The molecule has 2 saturated carbocycles. The topological polar surface area (TPSA) is 40.5 Å². The van der Waals surface area contributed by atoms with Crippen molar-refractivity contribution < 1.29 is 10.2 Å². The van der Waals surface area contributed by atoms with Gasteiger partial charge < -0.3 is 10.2 Å². The summed E-state index contributed by atoms with van der Waals surface area (Å²) in [6.45, 7) is 0. The fourth-order valence-electron chi connectivity index (χ4n) is 2.75. The summed E-state index contributed by atoms with van der Waals surface area (Å²) >= 11 is 0. The zero-order valence-corrected chi connectivity index (χ0v) is 6.79. The maximum Gasteiger partial charge on any atom is 0.0675 e. The lowest BCUT2D eigenvalue weighted by molar-refractivity contribution is -0.0906. The first-order valence-electron chi connectivity index (χ1n) is 4.58. The van der Waals surface area contributed by atoms with Crippen LogP contribution in [0.5, 0.6) is 0 Å². The first kappa shape index (κ1) is 7.56. The fourth-order valence-corrected chi connectivity index (χ4v) is 2.75. The van der Waals surface area contributed by atoms with Crippen LogP contribution in [0.2, 0.25) is 0 Å². The standard InChI is InChI=1S/C9H16O2/c10-8-4-7-2-1-3-9(11,5-7)6-8/h7-8,10-11H,1-6H2/t7-,8+,9-/m0/s1. The predicted octanol–water partition coefficient (Wildman–Crippen LogP) is 1.06. The third-order valence-corrected chi connectivity index (χ3v) is 3.14.